The second-order valence-corrected chi connectivity index (χ2v) is 8.53. The van der Waals surface area contributed by atoms with Crippen LogP contribution in [-0.2, 0) is 6.54 Å². The predicted octanol–water partition coefficient (Wildman–Crippen LogP) is 5.57. The highest BCUT2D eigenvalue weighted by Crippen LogP contribution is 2.35. The van der Waals surface area contributed by atoms with Crippen molar-refractivity contribution in [3.63, 3.8) is 0 Å². The van der Waals surface area contributed by atoms with Gasteiger partial charge in [-0.2, -0.15) is 5.11 Å². The second kappa shape index (κ2) is 9.36. The van der Waals surface area contributed by atoms with E-state index in [0.717, 1.165) is 37.2 Å². The van der Waals surface area contributed by atoms with E-state index in [4.69, 9.17) is 0 Å². The van der Waals surface area contributed by atoms with Crippen molar-refractivity contribution in [2.24, 2.45) is 10.3 Å². The van der Waals surface area contributed by atoms with Crippen LogP contribution in [-0.4, -0.2) is 34.6 Å². The molecule has 1 fully saturated rings. The second-order valence-electron chi connectivity index (χ2n) is 8.53. The molecular weight excluding hydrogens is 416 g/mol. The van der Waals surface area contributed by atoms with Crippen LogP contribution in [0.1, 0.15) is 36.4 Å². The quantitative estimate of drug-likeness (QED) is 0.368. The number of rotatable bonds is 6. The Hall–Kier alpha value is -3.81. The van der Waals surface area contributed by atoms with Gasteiger partial charge in [-0.3, -0.25) is 20.1 Å². The lowest BCUT2D eigenvalue weighted by Gasteiger charge is -2.29. The summed E-state index contributed by atoms with van der Waals surface area (Å²) in [5.41, 5.74) is 4.35. The lowest BCUT2D eigenvalue weighted by molar-refractivity contribution is -0.384. The molecule has 2 aromatic carbocycles. The Morgan fingerprint density at radius 3 is 2.61 bits per heavy atom. The zero-order valence-electron chi connectivity index (χ0n) is 18.4. The van der Waals surface area contributed by atoms with Gasteiger partial charge >= 0.3 is 0 Å². The first-order valence-corrected chi connectivity index (χ1v) is 11.4. The molecule has 0 bridgehead atoms. The molecule has 0 spiro atoms. The maximum absolute atomic E-state index is 11.8. The molecule has 1 unspecified atom stereocenters. The van der Waals surface area contributed by atoms with Crippen LogP contribution in [0.3, 0.4) is 0 Å². The first-order chi connectivity index (χ1) is 16.2. The van der Waals surface area contributed by atoms with Crippen LogP contribution in [0.25, 0.3) is 11.3 Å². The summed E-state index contributed by atoms with van der Waals surface area (Å²) in [5, 5.41) is 22.5. The minimum absolute atomic E-state index is 0.0687. The molecule has 0 N–H and O–H groups in total. The van der Waals surface area contributed by atoms with Gasteiger partial charge in [0, 0.05) is 31.0 Å². The van der Waals surface area contributed by atoms with E-state index in [1.165, 1.54) is 12.0 Å². The summed E-state index contributed by atoms with van der Waals surface area (Å²) in [6, 6.07) is 19.2. The Balaban J connectivity index is 1.39. The van der Waals surface area contributed by atoms with E-state index in [1.807, 2.05) is 47.5 Å². The van der Waals surface area contributed by atoms with Gasteiger partial charge in [-0.15, -0.1) is 0 Å². The Kier molecular flexibility index (Phi) is 5.97. The molecule has 1 saturated heterocycles. The van der Waals surface area contributed by atoms with Gasteiger partial charge in [-0.05, 0) is 54.7 Å². The first kappa shape index (κ1) is 21.1. The zero-order chi connectivity index (χ0) is 22.6. The molecule has 3 heterocycles. The van der Waals surface area contributed by atoms with Crippen LogP contribution in [0, 0.1) is 10.1 Å². The van der Waals surface area contributed by atoms with Gasteiger partial charge in [0.15, 0.2) is 0 Å². The molecular formula is C25H26N6O2. The van der Waals surface area contributed by atoms with Gasteiger partial charge in [0.2, 0.25) is 0 Å². The van der Waals surface area contributed by atoms with Crippen LogP contribution < -0.4 is 4.90 Å². The van der Waals surface area contributed by atoms with Crippen molar-refractivity contribution >= 4 is 11.4 Å². The van der Waals surface area contributed by atoms with E-state index in [0.29, 0.717) is 24.3 Å². The fraction of sp³-hybridized carbons (Fsp3) is 0.320. The highest BCUT2D eigenvalue weighted by Gasteiger charge is 2.24. The fourth-order valence-corrected chi connectivity index (χ4v) is 4.51. The highest BCUT2D eigenvalue weighted by molar-refractivity contribution is 5.75. The van der Waals surface area contributed by atoms with Gasteiger partial charge in [0.25, 0.3) is 5.69 Å². The summed E-state index contributed by atoms with van der Waals surface area (Å²) < 4.78 is 0. The molecule has 0 radical (unpaired) electrons. The van der Waals surface area contributed by atoms with Gasteiger partial charge in [0.1, 0.15) is 6.04 Å². The Labute approximate surface area is 192 Å². The van der Waals surface area contributed by atoms with Crippen molar-refractivity contribution in [1.82, 2.24) is 9.99 Å². The smallest absolute Gasteiger partial charge is 0.278 e. The number of anilines is 1. The normalized spacial score (nSPS) is 18.0. The van der Waals surface area contributed by atoms with Crippen molar-refractivity contribution in [3.05, 3.63) is 88.1 Å². The summed E-state index contributed by atoms with van der Waals surface area (Å²) in [7, 11) is 0. The molecule has 2 aliphatic heterocycles. The molecule has 2 aliphatic rings. The third-order valence-corrected chi connectivity index (χ3v) is 6.25. The third kappa shape index (κ3) is 4.69. The Bertz CT molecular complexity index is 1160. The summed E-state index contributed by atoms with van der Waals surface area (Å²) in [5.74, 6) is 0. The van der Waals surface area contributed by atoms with Gasteiger partial charge in [-0.1, -0.05) is 35.6 Å². The summed E-state index contributed by atoms with van der Waals surface area (Å²) in [6.45, 7) is 3.31. The number of piperidine rings is 1. The Morgan fingerprint density at radius 2 is 1.82 bits per heavy atom. The van der Waals surface area contributed by atoms with Crippen molar-refractivity contribution in [2.45, 2.75) is 31.8 Å². The molecule has 1 aromatic heterocycles. The van der Waals surface area contributed by atoms with Crippen molar-refractivity contribution in [3.8, 4) is 11.3 Å². The van der Waals surface area contributed by atoms with Crippen molar-refractivity contribution in [1.29, 1.82) is 0 Å². The monoisotopic (exact) mass is 442 g/mol. The van der Waals surface area contributed by atoms with Crippen LogP contribution in [0.2, 0.25) is 0 Å². The Morgan fingerprint density at radius 1 is 1.00 bits per heavy atom. The number of nitro groups is 1. The summed E-state index contributed by atoms with van der Waals surface area (Å²) in [4.78, 5) is 18.2. The third-order valence-electron chi connectivity index (χ3n) is 6.25. The van der Waals surface area contributed by atoms with Crippen molar-refractivity contribution < 1.29 is 4.92 Å². The maximum Gasteiger partial charge on any atom is 0.278 e. The number of benzene rings is 2. The lowest BCUT2D eigenvalue weighted by Crippen LogP contribution is -2.29. The molecule has 168 valence electrons. The van der Waals surface area contributed by atoms with E-state index < -0.39 is 0 Å². The molecule has 3 aromatic rings. The largest absolute Gasteiger partial charge is 0.372 e. The van der Waals surface area contributed by atoms with Gasteiger partial charge in [0.05, 0.1) is 29.3 Å². The fourth-order valence-electron chi connectivity index (χ4n) is 4.51. The highest BCUT2D eigenvalue weighted by atomic mass is 16.6. The van der Waals surface area contributed by atoms with E-state index in [-0.39, 0.29) is 16.7 Å². The minimum Gasteiger partial charge on any atom is -0.372 e. The number of nitrogens with zero attached hydrogens (tertiary/aromatic N) is 6. The van der Waals surface area contributed by atoms with Crippen LogP contribution in [0.5, 0.6) is 0 Å². The molecule has 0 amide bonds. The average molecular weight is 443 g/mol. The lowest BCUT2D eigenvalue weighted by atomic mass is 10.0. The molecule has 0 aliphatic carbocycles. The van der Waals surface area contributed by atoms with E-state index in [9.17, 15) is 10.1 Å². The first-order valence-electron chi connectivity index (χ1n) is 11.4. The van der Waals surface area contributed by atoms with Crippen LogP contribution in [0.15, 0.2) is 77.2 Å². The zero-order valence-corrected chi connectivity index (χ0v) is 18.4. The standard InChI is InChI=1S/C25H26N6O2/c32-31(33)25-10-9-21(29-13-5-2-6-14-29)16-22(25)23-15-20(11-12-26-23)24-18-30(28-27-24)17-19-7-3-1-4-8-19/h1,3-4,7-12,15-16,24H,2,5-6,13-14,17-18H2. The molecule has 33 heavy (non-hydrogen) atoms. The maximum atomic E-state index is 11.8. The number of pyridine rings is 1. The van der Waals surface area contributed by atoms with Gasteiger partial charge in [-0.25, -0.2) is 0 Å². The van der Waals surface area contributed by atoms with Crippen LogP contribution >= 0.6 is 0 Å². The number of nitro benzene ring substituents is 1. The number of hydrogen-bond donors (Lipinski definition) is 0. The van der Waals surface area contributed by atoms with E-state index in [2.05, 4.69) is 32.4 Å². The minimum atomic E-state index is -0.333. The van der Waals surface area contributed by atoms with E-state index >= 15 is 0 Å². The molecule has 0 saturated carbocycles. The number of hydrogen-bond acceptors (Lipinski definition) is 7. The SMILES string of the molecule is O=[N+]([O-])c1ccc(N2CCCCC2)cc1-c1cc(C2CN(Cc3ccccc3)N=N2)ccn1. The van der Waals surface area contributed by atoms with Gasteiger partial charge < -0.3 is 4.90 Å². The topological polar surface area (TPSA) is 87.2 Å². The molecule has 8 nitrogen and oxygen atoms in total. The molecule has 1 atom stereocenters. The summed E-state index contributed by atoms with van der Waals surface area (Å²) >= 11 is 0. The molecule has 8 heteroatoms. The number of aromatic nitrogens is 1. The summed E-state index contributed by atoms with van der Waals surface area (Å²) in [6.07, 6.45) is 5.23. The van der Waals surface area contributed by atoms with E-state index in [1.54, 1.807) is 12.3 Å². The van der Waals surface area contributed by atoms with Crippen molar-refractivity contribution in [2.75, 3.05) is 24.5 Å². The van der Waals surface area contributed by atoms with Crippen LogP contribution in [0.4, 0.5) is 11.4 Å². The predicted molar refractivity (Wildman–Crippen MR) is 127 cm³/mol. The average Bonchev–Trinajstić information content (AvgIpc) is 3.33. The molecule has 5 rings (SSSR count).